The average molecular weight is 361 g/mol. The molecule has 0 saturated carbocycles. The SMILES string of the molecule is CC(C)(C)OC(=O)N1CCN(c2ccc(N)c(N3CCCCC3)c2)CC1. The van der Waals surface area contributed by atoms with Crippen molar-refractivity contribution in [1.29, 1.82) is 0 Å². The fourth-order valence-electron chi connectivity index (χ4n) is 3.61. The second-order valence-corrected chi connectivity index (χ2v) is 8.25. The molecular formula is C20H32N4O2. The van der Waals surface area contributed by atoms with E-state index in [1.165, 1.54) is 24.9 Å². The van der Waals surface area contributed by atoms with Gasteiger partial charge in [0.2, 0.25) is 0 Å². The van der Waals surface area contributed by atoms with Crippen LogP contribution in [0, 0.1) is 0 Å². The number of nitrogens with two attached hydrogens (primary N) is 1. The van der Waals surface area contributed by atoms with Crippen molar-refractivity contribution in [1.82, 2.24) is 4.90 Å². The summed E-state index contributed by atoms with van der Waals surface area (Å²) in [6.45, 7) is 10.8. The van der Waals surface area contributed by atoms with E-state index in [0.717, 1.165) is 37.6 Å². The molecule has 0 aliphatic carbocycles. The lowest BCUT2D eigenvalue weighted by Gasteiger charge is -2.37. The molecule has 0 atom stereocenters. The van der Waals surface area contributed by atoms with Gasteiger partial charge in [0.1, 0.15) is 5.60 Å². The molecule has 0 radical (unpaired) electrons. The van der Waals surface area contributed by atoms with Gasteiger partial charge in [0.25, 0.3) is 0 Å². The van der Waals surface area contributed by atoms with Gasteiger partial charge in [-0.25, -0.2) is 4.79 Å². The summed E-state index contributed by atoms with van der Waals surface area (Å²) >= 11 is 0. The van der Waals surface area contributed by atoms with Crippen LogP contribution >= 0.6 is 0 Å². The predicted octanol–water partition coefficient (Wildman–Crippen LogP) is 3.32. The Balaban J connectivity index is 1.63. The van der Waals surface area contributed by atoms with Crippen molar-refractivity contribution in [2.75, 3.05) is 54.8 Å². The Morgan fingerprint density at radius 2 is 1.62 bits per heavy atom. The van der Waals surface area contributed by atoms with Crippen LogP contribution < -0.4 is 15.5 Å². The number of carbonyl (C=O) groups is 1. The molecule has 2 N–H and O–H groups in total. The Bertz CT molecular complexity index is 627. The minimum absolute atomic E-state index is 0.219. The number of hydrogen-bond acceptors (Lipinski definition) is 5. The van der Waals surface area contributed by atoms with E-state index in [1.807, 2.05) is 26.8 Å². The number of hydrogen-bond donors (Lipinski definition) is 1. The smallest absolute Gasteiger partial charge is 0.410 e. The van der Waals surface area contributed by atoms with Gasteiger partial charge in [-0.3, -0.25) is 0 Å². The molecule has 1 aromatic carbocycles. The quantitative estimate of drug-likeness (QED) is 0.820. The summed E-state index contributed by atoms with van der Waals surface area (Å²) in [5.74, 6) is 0. The Kier molecular flexibility index (Phi) is 5.49. The molecule has 0 aromatic heterocycles. The summed E-state index contributed by atoms with van der Waals surface area (Å²) < 4.78 is 5.48. The Hall–Kier alpha value is -2.11. The van der Waals surface area contributed by atoms with Gasteiger partial charge in [-0.1, -0.05) is 0 Å². The number of benzene rings is 1. The first kappa shape index (κ1) is 18.7. The normalized spacial score (nSPS) is 18.8. The monoisotopic (exact) mass is 360 g/mol. The zero-order valence-corrected chi connectivity index (χ0v) is 16.3. The van der Waals surface area contributed by atoms with Gasteiger partial charge >= 0.3 is 6.09 Å². The topological polar surface area (TPSA) is 62.0 Å². The van der Waals surface area contributed by atoms with Crippen LogP contribution in [0.4, 0.5) is 21.9 Å². The Morgan fingerprint density at radius 3 is 2.23 bits per heavy atom. The highest BCUT2D eigenvalue weighted by Gasteiger charge is 2.26. The number of anilines is 3. The Morgan fingerprint density at radius 1 is 0.962 bits per heavy atom. The molecule has 2 heterocycles. The lowest BCUT2D eigenvalue weighted by molar-refractivity contribution is 0.0240. The van der Waals surface area contributed by atoms with Crippen molar-refractivity contribution in [2.45, 2.75) is 45.6 Å². The third kappa shape index (κ3) is 4.54. The van der Waals surface area contributed by atoms with Crippen molar-refractivity contribution in [2.24, 2.45) is 0 Å². The number of carbonyl (C=O) groups excluding carboxylic acids is 1. The van der Waals surface area contributed by atoms with Gasteiger partial charge in [0.05, 0.1) is 11.4 Å². The fraction of sp³-hybridized carbons (Fsp3) is 0.650. The number of amides is 1. The van der Waals surface area contributed by atoms with Gasteiger partial charge in [-0.05, 0) is 58.2 Å². The highest BCUT2D eigenvalue weighted by molar-refractivity contribution is 5.74. The highest BCUT2D eigenvalue weighted by Crippen LogP contribution is 2.31. The molecule has 2 saturated heterocycles. The first-order valence-electron chi connectivity index (χ1n) is 9.71. The van der Waals surface area contributed by atoms with E-state index in [1.54, 1.807) is 4.90 Å². The maximum atomic E-state index is 12.2. The fourth-order valence-corrected chi connectivity index (χ4v) is 3.61. The maximum absolute atomic E-state index is 12.2. The van der Waals surface area contributed by atoms with Gasteiger partial charge in [0.15, 0.2) is 0 Å². The zero-order chi connectivity index (χ0) is 18.7. The van der Waals surface area contributed by atoms with Crippen LogP contribution in [0.5, 0.6) is 0 Å². The minimum atomic E-state index is -0.450. The molecule has 6 nitrogen and oxygen atoms in total. The molecule has 144 valence electrons. The second-order valence-electron chi connectivity index (χ2n) is 8.25. The molecule has 2 aliphatic rings. The average Bonchev–Trinajstić information content (AvgIpc) is 2.61. The van der Waals surface area contributed by atoms with Crippen LogP contribution in [0.25, 0.3) is 0 Å². The van der Waals surface area contributed by atoms with Crippen molar-refractivity contribution < 1.29 is 9.53 Å². The van der Waals surface area contributed by atoms with Gasteiger partial charge < -0.3 is 25.2 Å². The van der Waals surface area contributed by atoms with Crippen LogP contribution in [0.3, 0.4) is 0 Å². The lowest BCUT2D eigenvalue weighted by atomic mass is 10.1. The summed E-state index contributed by atoms with van der Waals surface area (Å²) in [4.78, 5) is 18.7. The predicted molar refractivity (Wildman–Crippen MR) is 107 cm³/mol. The summed E-state index contributed by atoms with van der Waals surface area (Å²) in [7, 11) is 0. The van der Waals surface area contributed by atoms with Crippen molar-refractivity contribution in [3.63, 3.8) is 0 Å². The van der Waals surface area contributed by atoms with Gasteiger partial charge in [-0.2, -0.15) is 0 Å². The highest BCUT2D eigenvalue weighted by atomic mass is 16.6. The first-order valence-corrected chi connectivity index (χ1v) is 9.71. The number of rotatable bonds is 2. The van der Waals surface area contributed by atoms with Crippen LogP contribution in [0.2, 0.25) is 0 Å². The largest absolute Gasteiger partial charge is 0.444 e. The van der Waals surface area contributed by atoms with Crippen LogP contribution in [-0.4, -0.2) is 55.9 Å². The number of nitrogens with zero attached hydrogens (tertiary/aromatic N) is 3. The number of ether oxygens (including phenoxy) is 1. The third-order valence-electron chi connectivity index (χ3n) is 5.01. The van der Waals surface area contributed by atoms with E-state index in [4.69, 9.17) is 10.5 Å². The molecule has 2 aliphatic heterocycles. The summed E-state index contributed by atoms with van der Waals surface area (Å²) in [5, 5.41) is 0. The van der Waals surface area contributed by atoms with E-state index < -0.39 is 5.60 Å². The molecule has 26 heavy (non-hydrogen) atoms. The molecule has 6 heteroatoms. The van der Waals surface area contributed by atoms with E-state index in [9.17, 15) is 4.79 Å². The Labute approximate surface area is 156 Å². The first-order chi connectivity index (χ1) is 12.3. The number of piperazine rings is 1. The summed E-state index contributed by atoms with van der Waals surface area (Å²) in [6, 6.07) is 6.31. The van der Waals surface area contributed by atoms with Crippen molar-refractivity contribution in [3.05, 3.63) is 18.2 Å². The minimum Gasteiger partial charge on any atom is -0.444 e. The number of piperidine rings is 1. The second kappa shape index (κ2) is 7.64. The standard InChI is InChI=1S/C20H32N4O2/c1-20(2,3)26-19(25)24-13-11-22(12-14-24)16-7-8-17(21)18(15-16)23-9-5-4-6-10-23/h7-8,15H,4-6,9-14,21H2,1-3H3. The molecule has 1 aromatic rings. The summed E-state index contributed by atoms with van der Waals surface area (Å²) in [5.41, 5.74) is 8.97. The van der Waals surface area contributed by atoms with Gasteiger partial charge in [0, 0.05) is 45.0 Å². The van der Waals surface area contributed by atoms with Crippen LogP contribution in [-0.2, 0) is 4.74 Å². The molecule has 1 amide bonds. The summed E-state index contributed by atoms with van der Waals surface area (Å²) in [6.07, 6.45) is 3.56. The van der Waals surface area contributed by atoms with Crippen molar-refractivity contribution in [3.8, 4) is 0 Å². The van der Waals surface area contributed by atoms with Crippen LogP contribution in [0.1, 0.15) is 40.0 Å². The molecule has 2 fully saturated rings. The van der Waals surface area contributed by atoms with E-state index in [2.05, 4.69) is 21.9 Å². The molecule has 0 unspecified atom stereocenters. The molecule has 3 rings (SSSR count). The maximum Gasteiger partial charge on any atom is 0.410 e. The van der Waals surface area contributed by atoms with E-state index in [-0.39, 0.29) is 6.09 Å². The lowest BCUT2D eigenvalue weighted by Crippen LogP contribution is -2.50. The van der Waals surface area contributed by atoms with Crippen molar-refractivity contribution >= 4 is 23.2 Å². The zero-order valence-electron chi connectivity index (χ0n) is 16.3. The molecule has 0 bridgehead atoms. The van der Waals surface area contributed by atoms with E-state index in [0.29, 0.717) is 13.1 Å². The van der Waals surface area contributed by atoms with E-state index >= 15 is 0 Å². The number of nitrogen functional groups attached to an aromatic ring is 1. The van der Waals surface area contributed by atoms with Crippen LogP contribution in [0.15, 0.2) is 18.2 Å². The molecular weight excluding hydrogens is 328 g/mol. The van der Waals surface area contributed by atoms with Gasteiger partial charge in [-0.15, -0.1) is 0 Å². The molecule has 0 spiro atoms. The third-order valence-corrected chi connectivity index (χ3v) is 5.01.